The maximum atomic E-state index is 10.6. The highest BCUT2D eigenvalue weighted by molar-refractivity contribution is 6.02. The number of nitrogens with zero attached hydrogens (tertiary/aromatic N) is 2. The molecule has 0 aromatic heterocycles. The van der Waals surface area contributed by atoms with Crippen molar-refractivity contribution in [1.82, 2.24) is 0 Å². The summed E-state index contributed by atoms with van der Waals surface area (Å²) in [5.74, 6) is 0.500. The van der Waals surface area contributed by atoms with Crippen molar-refractivity contribution in [3.8, 4) is 6.07 Å². The Labute approximate surface area is 63.9 Å². The number of esters is 1. The molecule has 0 unspecified atom stereocenters. The third kappa shape index (κ3) is 2.99. The molecule has 0 radical (unpaired) electrons. The minimum atomic E-state index is -0.908. The average molecular weight is 149 g/mol. The predicted octanol–water partition coefficient (Wildman–Crippen LogP) is 0.405. The highest BCUT2D eigenvalue weighted by atomic mass is 16.5. The summed E-state index contributed by atoms with van der Waals surface area (Å²) in [5, 5.41) is 16.3. The van der Waals surface area contributed by atoms with Gasteiger partial charge in [-0.3, -0.25) is 0 Å². The summed E-state index contributed by atoms with van der Waals surface area (Å²) in [6.07, 6.45) is 1.35. The molecule has 0 atom stereocenters. The topological polar surface area (TPSA) is 72.4 Å². The molecule has 0 rings (SSSR count). The van der Waals surface area contributed by atoms with Crippen LogP contribution in [0.4, 0.5) is 0 Å². The Hall–Kier alpha value is -1.85. The van der Waals surface area contributed by atoms with Crippen LogP contribution in [0.5, 0.6) is 0 Å². The van der Waals surface area contributed by atoms with Crippen LogP contribution in [0, 0.1) is 11.3 Å². The van der Waals surface area contributed by atoms with Crippen LogP contribution in [0.25, 0.3) is 5.41 Å². The van der Waals surface area contributed by atoms with E-state index in [2.05, 4.69) is 11.3 Å². The molecule has 0 saturated carbocycles. The lowest BCUT2D eigenvalue weighted by atomic mass is 10.3. The molecule has 0 spiro atoms. The fraction of sp³-hybridized carbons (Fsp3) is 0.143. The van der Waals surface area contributed by atoms with Gasteiger partial charge in [0.05, 0.1) is 0 Å². The van der Waals surface area contributed by atoms with Gasteiger partial charge >= 0.3 is 5.97 Å². The number of rotatable bonds is 3. The van der Waals surface area contributed by atoms with Crippen LogP contribution in [0.1, 0.15) is 0 Å². The van der Waals surface area contributed by atoms with Gasteiger partial charge in [-0.1, -0.05) is 12.7 Å². The summed E-state index contributed by atoms with van der Waals surface area (Å²) in [5.41, 5.74) is -0.549. The maximum Gasteiger partial charge on any atom is 0.355 e. The van der Waals surface area contributed by atoms with Gasteiger partial charge < -0.3 is 10.1 Å². The van der Waals surface area contributed by atoms with Gasteiger partial charge in [-0.05, 0) is 0 Å². The summed E-state index contributed by atoms with van der Waals surface area (Å²) in [6.45, 7) is 3.30. The van der Waals surface area contributed by atoms with Crippen LogP contribution in [0.3, 0.4) is 0 Å². The summed E-state index contributed by atoms with van der Waals surface area (Å²) in [6, 6.07) is 1.41. The molecule has 0 heterocycles. The Morgan fingerprint density at radius 1 is 1.82 bits per heavy atom. The van der Waals surface area contributed by atoms with E-state index in [1.165, 1.54) is 18.0 Å². The number of carbonyl (C=O) groups is 1. The second kappa shape index (κ2) is 4.98. The molecule has 0 fully saturated rings. The second-order valence-electron chi connectivity index (χ2n) is 1.49. The molecule has 0 aromatic carbocycles. The summed E-state index contributed by atoms with van der Waals surface area (Å²) < 4.78 is 4.40. The van der Waals surface area contributed by atoms with Gasteiger partial charge in [0.15, 0.2) is 5.57 Å². The van der Waals surface area contributed by atoms with Crippen molar-refractivity contribution >= 4 is 11.8 Å². The lowest BCUT2D eigenvalue weighted by molar-refractivity contribution is -0.137. The van der Waals surface area contributed by atoms with Crippen molar-refractivity contribution in [2.24, 2.45) is 0 Å². The summed E-state index contributed by atoms with van der Waals surface area (Å²) in [7, 11) is 0. The van der Waals surface area contributed by atoms with Crippen molar-refractivity contribution < 1.29 is 9.53 Å². The molecule has 0 bridgehead atoms. The minimum Gasteiger partial charge on any atom is -0.762 e. The summed E-state index contributed by atoms with van der Waals surface area (Å²) in [4.78, 5) is 10.6. The molecular formula is C7H5N2O2-. The molecule has 0 aliphatic carbocycles. The van der Waals surface area contributed by atoms with Crippen LogP contribution in [0.15, 0.2) is 18.2 Å². The quantitative estimate of drug-likeness (QED) is 0.192. The zero-order valence-electron chi connectivity index (χ0n) is 5.70. The van der Waals surface area contributed by atoms with Crippen LogP contribution in [-0.2, 0) is 9.53 Å². The van der Waals surface area contributed by atoms with Crippen LogP contribution >= 0.6 is 0 Å². The van der Waals surface area contributed by atoms with Gasteiger partial charge in [-0.2, -0.15) is 5.26 Å². The lowest BCUT2D eigenvalue weighted by Gasteiger charge is -1.97. The van der Waals surface area contributed by atoms with Gasteiger partial charge in [0.1, 0.15) is 12.7 Å². The smallest absolute Gasteiger partial charge is 0.355 e. The van der Waals surface area contributed by atoms with E-state index in [1.54, 1.807) is 0 Å². The largest absolute Gasteiger partial charge is 0.762 e. The van der Waals surface area contributed by atoms with Gasteiger partial charge in [-0.25, -0.2) is 10.7 Å². The zero-order chi connectivity index (χ0) is 8.69. The number of ether oxygens (including phenoxy) is 1. The molecule has 0 aromatic rings. The first-order valence-corrected chi connectivity index (χ1v) is 2.71. The first-order valence-electron chi connectivity index (χ1n) is 2.71. The van der Waals surface area contributed by atoms with Crippen molar-refractivity contribution in [3.63, 3.8) is 0 Å². The number of hydrogen-bond acceptors (Lipinski definition) is 3. The fourth-order valence-corrected chi connectivity index (χ4v) is 0.323. The molecule has 56 valence electrons. The van der Waals surface area contributed by atoms with E-state index in [0.717, 1.165) is 0 Å². The van der Waals surface area contributed by atoms with Gasteiger partial charge in [0.2, 0.25) is 0 Å². The molecule has 0 aliphatic rings. The molecule has 0 N–H and O–H groups in total. The molecule has 4 nitrogen and oxygen atoms in total. The van der Waals surface area contributed by atoms with Crippen LogP contribution < -0.4 is 0 Å². The molecule has 0 aliphatic heterocycles. The molecule has 0 saturated heterocycles. The molecule has 11 heavy (non-hydrogen) atoms. The van der Waals surface area contributed by atoms with Crippen molar-refractivity contribution in [2.45, 2.75) is 0 Å². The number of nitriles is 1. The molecule has 0 amide bonds. The Kier molecular flexibility index (Phi) is 4.14. The Morgan fingerprint density at radius 3 is 2.82 bits per heavy atom. The van der Waals surface area contributed by atoms with Gasteiger partial charge in [-0.15, -0.1) is 0 Å². The van der Waals surface area contributed by atoms with Crippen molar-refractivity contribution in [3.05, 3.63) is 23.6 Å². The van der Waals surface area contributed by atoms with E-state index in [1.807, 2.05) is 0 Å². The zero-order valence-corrected chi connectivity index (χ0v) is 5.70. The van der Waals surface area contributed by atoms with Gasteiger partial charge in [0.25, 0.3) is 0 Å². The van der Waals surface area contributed by atoms with E-state index in [9.17, 15) is 4.79 Å². The average Bonchev–Trinajstić information content (AvgIpc) is 2.03. The van der Waals surface area contributed by atoms with Crippen molar-refractivity contribution in [2.75, 3.05) is 6.61 Å². The Morgan fingerprint density at radius 2 is 2.45 bits per heavy atom. The lowest BCUT2D eigenvalue weighted by Crippen LogP contribution is -2.06. The van der Waals surface area contributed by atoms with E-state index in [-0.39, 0.29) is 6.61 Å². The van der Waals surface area contributed by atoms with E-state index < -0.39 is 11.5 Å². The van der Waals surface area contributed by atoms with Crippen molar-refractivity contribution in [1.29, 1.82) is 5.26 Å². The monoisotopic (exact) mass is 149 g/mol. The highest BCUT2D eigenvalue weighted by Gasteiger charge is 2.05. The fourth-order valence-electron chi connectivity index (χ4n) is 0.323. The SMILES string of the molecule is C=CCOC(=O)C(=C=[N-])C#N. The van der Waals surface area contributed by atoms with E-state index >= 15 is 0 Å². The molecule has 4 heteroatoms. The van der Waals surface area contributed by atoms with Crippen LogP contribution in [-0.4, -0.2) is 18.4 Å². The maximum absolute atomic E-state index is 10.6. The number of hydrogen-bond donors (Lipinski definition) is 0. The Balaban J connectivity index is 4.15. The highest BCUT2D eigenvalue weighted by Crippen LogP contribution is 1.90. The first-order chi connectivity index (χ1) is 5.26. The van der Waals surface area contributed by atoms with E-state index in [4.69, 9.17) is 10.7 Å². The third-order valence-corrected chi connectivity index (χ3v) is 0.760. The minimum absolute atomic E-state index is 0.00565. The summed E-state index contributed by atoms with van der Waals surface area (Å²) >= 11 is 0. The first kappa shape index (κ1) is 9.15. The normalized spacial score (nSPS) is 7.18. The Bertz CT molecular complexity index is 256. The van der Waals surface area contributed by atoms with E-state index in [0.29, 0.717) is 0 Å². The van der Waals surface area contributed by atoms with Gasteiger partial charge in [0, 0.05) is 0 Å². The predicted molar refractivity (Wildman–Crippen MR) is 38.6 cm³/mol. The molecular weight excluding hydrogens is 144 g/mol. The van der Waals surface area contributed by atoms with Crippen LogP contribution in [0.2, 0.25) is 0 Å². The second-order valence-corrected chi connectivity index (χ2v) is 1.49. The number of carbonyl (C=O) groups excluding carboxylic acids is 1. The third-order valence-electron chi connectivity index (χ3n) is 0.760. The standard InChI is InChI=1S/C7H5N2O2/c1-2-3-11-7(10)6(4-8)5-9/h2H,1,3H2/q-1.